The minimum atomic E-state index is 0.00327. The molecule has 0 atom stereocenters. The number of imidazole rings is 1. The Balaban J connectivity index is 1.51. The van der Waals surface area contributed by atoms with Crippen molar-refractivity contribution in [3.8, 4) is 11.4 Å². The number of hydrogen-bond donors (Lipinski definition) is 2. The van der Waals surface area contributed by atoms with Gasteiger partial charge in [-0.05, 0) is 55.7 Å². The van der Waals surface area contributed by atoms with E-state index in [2.05, 4.69) is 47.3 Å². The zero-order valence-electron chi connectivity index (χ0n) is 16.1. The van der Waals surface area contributed by atoms with Crippen LogP contribution in [0.5, 0.6) is 0 Å². The van der Waals surface area contributed by atoms with E-state index in [1.165, 1.54) is 16.7 Å². The molecule has 0 unspecified atom stereocenters. The minimum absolute atomic E-state index is 0.00327. The number of fused-ring (bicyclic) bond motifs is 1. The lowest BCUT2D eigenvalue weighted by Crippen LogP contribution is -2.13. The van der Waals surface area contributed by atoms with Crippen LogP contribution in [0.25, 0.3) is 22.4 Å². The monoisotopic (exact) mass is 369 g/mol. The number of benzene rings is 3. The van der Waals surface area contributed by atoms with Crippen molar-refractivity contribution in [3.63, 3.8) is 0 Å². The van der Waals surface area contributed by atoms with E-state index in [-0.39, 0.29) is 5.91 Å². The normalized spacial score (nSPS) is 10.9. The number of para-hydroxylation sites is 3. The first-order chi connectivity index (χ1) is 13.6. The highest BCUT2D eigenvalue weighted by molar-refractivity contribution is 5.95. The lowest BCUT2D eigenvalue weighted by Gasteiger charge is -2.10. The molecule has 140 valence electrons. The van der Waals surface area contributed by atoms with Crippen molar-refractivity contribution in [2.45, 2.75) is 26.7 Å². The van der Waals surface area contributed by atoms with E-state index >= 15 is 0 Å². The van der Waals surface area contributed by atoms with Crippen LogP contribution in [-0.2, 0) is 11.2 Å². The fourth-order valence-corrected chi connectivity index (χ4v) is 3.47. The van der Waals surface area contributed by atoms with Crippen molar-refractivity contribution < 1.29 is 4.79 Å². The van der Waals surface area contributed by atoms with Gasteiger partial charge in [0.25, 0.3) is 0 Å². The van der Waals surface area contributed by atoms with Crippen LogP contribution in [0.2, 0.25) is 0 Å². The molecule has 4 nitrogen and oxygen atoms in total. The Labute approximate surface area is 164 Å². The van der Waals surface area contributed by atoms with E-state index in [4.69, 9.17) is 0 Å². The number of anilines is 1. The largest absolute Gasteiger partial charge is 0.338 e. The van der Waals surface area contributed by atoms with Crippen LogP contribution in [0.3, 0.4) is 0 Å². The van der Waals surface area contributed by atoms with Crippen LogP contribution >= 0.6 is 0 Å². The topological polar surface area (TPSA) is 57.8 Å². The molecule has 0 saturated heterocycles. The summed E-state index contributed by atoms with van der Waals surface area (Å²) in [4.78, 5) is 20.6. The minimum Gasteiger partial charge on any atom is -0.338 e. The number of H-pyrrole nitrogens is 1. The third-order valence-electron chi connectivity index (χ3n) is 4.97. The molecule has 3 aromatic carbocycles. The summed E-state index contributed by atoms with van der Waals surface area (Å²) in [6, 6.07) is 22.0. The quantitative estimate of drug-likeness (QED) is 0.494. The van der Waals surface area contributed by atoms with E-state index in [0.717, 1.165) is 34.5 Å². The molecule has 0 radical (unpaired) electrons. The first-order valence-corrected chi connectivity index (χ1v) is 9.50. The highest BCUT2D eigenvalue weighted by Gasteiger charge is 2.12. The highest BCUT2D eigenvalue weighted by atomic mass is 16.1. The van der Waals surface area contributed by atoms with Crippen LogP contribution in [0.15, 0.2) is 66.7 Å². The number of hydrogen-bond acceptors (Lipinski definition) is 2. The zero-order chi connectivity index (χ0) is 19.5. The van der Waals surface area contributed by atoms with Gasteiger partial charge in [0.15, 0.2) is 0 Å². The van der Waals surface area contributed by atoms with Gasteiger partial charge in [0.05, 0.1) is 16.7 Å². The summed E-state index contributed by atoms with van der Waals surface area (Å²) in [7, 11) is 0. The standard InChI is InChI=1S/C24H23N3O/c1-16-11-12-18(17(2)15-16)13-14-23(28)25-20-8-4-3-7-19(20)24-26-21-9-5-6-10-22(21)27-24/h3-12,15H,13-14H2,1-2H3,(H,25,28)(H,26,27). The first-order valence-electron chi connectivity index (χ1n) is 9.50. The number of nitrogens with zero attached hydrogens (tertiary/aromatic N) is 1. The molecule has 1 heterocycles. The van der Waals surface area contributed by atoms with Gasteiger partial charge in [0, 0.05) is 12.0 Å². The summed E-state index contributed by atoms with van der Waals surface area (Å²) in [5.74, 6) is 0.759. The maximum atomic E-state index is 12.6. The molecule has 1 aromatic heterocycles. The summed E-state index contributed by atoms with van der Waals surface area (Å²) in [5.41, 5.74) is 7.24. The number of aromatic nitrogens is 2. The van der Waals surface area contributed by atoms with E-state index in [1.807, 2.05) is 48.5 Å². The van der Waals surface area contributed by atoms with Crippen LogP contribution in [0, 0.1) is 13.8 Å². The van der Waals surface area contributed by atoms with E-state index < -0.39 is 0 Å². The molecular weight excluding hydrogens is 346 g/mol. The summed E-state index contributed by atoms with van der Waals surface area (Å²) < 4.78 is 0. The molecule has 28 heavy (non-hydrogen) atoms. The Hall–Kier alpha value is -3.40. The van der Waals surface area contributed by atoms with Crippen molar-refractivity contribution in [2.75, 3.05) is 5.32 Å². The van der Waals surface area contributed by atoms with E-state index in [0.29, 0.717) is 6.42 Å². The molecule has 0 aliphatic rings. The third kappa shape index (κ3) is 3.81. The highest BCUT2D eigenvalue weighted by Crippen LogP contribution is 2.27. The van der Waals surface area contributed by atoms with Crippen molar-refractivity contribution in [1.29, 1.82) is 0 Å². The van der Waals surface area contributed by atoms with Gasteiger partial charge in [-0.15, -0.1) is 0 Å². The maximum Gasteiger partial charge on any atom is 0.224 e. The molecule has 0 fully saturated rings. The SMILES string of the molecule is Cc1ccc(CCC(=O)Nc2ccccc2-c2nc3ccccc3[nH]2)c(C)c1. The first kappa shape index (κ1) is 18.0. The van der Waals surface area contributed by atoms with Gasteiger partial charge >= 0.3 is 0 Å². The van der Waals surface area contributed by atoms with Crippen LogP contribution in [0.1, 0.15) is 23.1 Å². The second kappa shape index (κ2) is 7.69. The summed E-state index contributed by atoms with van der Waals surface area (Å²) in [6.07, 6.45) is 1.17. The summed E-state index contributed by atoms with van der Waals surface area (Å²) in [6.45, 7) is 4.18. The van der Waals surface area contributed by atoms with Gasteiger partial charge in [-0.2, -0.15) is 0 Å². The lowest BCUT2D eigenvalue weighted by atomic mass is 10.0. The second-order valence-corrected chi connectivity index (χ2v) is 7.13. The molecular formula is C24H23N3O. The molecule has 0 aliphatic carbocycles. The number of nitrogens with one attached hydrogen (secondary N) is 2. The Morgan fingerprint density at radius 3 is 2.61 bits per heavy atom. The van der Waals surface area contributed by atoms with Crippen LogP contribution in [-0.4, -0.2) is 15.9 Å². The van der Waals surface area contributed by atoms with Crippen LogP contribution in [0.4, 0.5) is 5.69 Å². The average Bonchev–Trinajstić information content (AvgIpc) is 3.12. The Morgan fingerprint density at radius 1 is 1.00 bits per heavy atom. The average molecular weight is 369 g/mol. The molecule has 4 aromatic rings. The van der Waals surface area contributed by atoms with Crippen LogP contribution < -0.4 is 5.32 Å². The van der Waals surface area contributed by atoms with Crippen molar-refractivity contribution in [3.05, 3.63) is 83.4 Å². The summed E-state index contributed by atoms with van der Waals surface area (Å²) >= 11 is 0. The van der Waals surface area contributed by atoms with Gasteiger partial charge in [0.1, 0.15) is 5.82 Å². The van der Waals surface area contributed by atoms with E-state index in [9.17, 15) is 4.79 Å². The van der Waals surface area contributed by atoms with Gasteiger partial charge in [0.2, 0.25) is 5.91 Å². The number of carbonyl (C=O) groups excluding carboxylic acids is 1. The third-order valence-corrected chi connectivity index (χ3v) is 4.97. The zero-order valence-corrected chi connectivity index (χ0v) is 16.1. The van der Waals surface area contributed by atoms with Gasteiger partial charge in [-0.25, -0.2) is 4.98 Å². The predicted molar refractivity (Wildman–Crippen MR) is 114 cm³/mol. The Morgan fingerprint density at radius 2 is 1.79 bits per heavy atom. The van der Waals surface area contributed by atoms with Crippen molar-refractivity contribution >= 4 is 22.6 Å². The van der Waals surface area contributed by atoms with Crippen molar-refractivity contribution in [1.82, 2.24) is 9.97 Å². The fraction of sp³-hybridized carbons (Fsp3) is 0.167. The number of rotatable bonds is 5. The smallest absolute Gasteiger partial charge is 0.224 e. The lowest BCUT2D eigenvalue weighted by molar-refractivity contribution is -0.116. The molecule has 4 rings (SSSR count). The number of aromatic amines is 1. The van der Waals surface area contributed by atoms with E-state index in [1.54, 1.807) is 0 Å². The van der Waals surface area contributed by atoms with Gasteiger partial charge in [-0.1, -0.05) is 48.0 Å². The molecule has 0 saturated carbocycles. The summed E-state index contributed by atoms with van der Waals surface area (Å²) in [5, 5.41) is 3.06. The molecule has 1 amide bonds. The maximum absolute atomic E-state index is 12.6. The fourth-order valence-electron chi connectivity index (χ4n) is 3.47. The molecule has 4 heteroatoms. The molecule has 0 aliphatic heterocycles. The Kier molecular flexibility index (Phi) is 4.94. The second-order valence-electron chi connectivity index (χ2n) is 7.13. The molecule has 0 bridgehead atoms. The number of amides is 1. The predicted octanol–water partition coefficient (Wildman–Crippen LogP) is 5.42. The molecule has 0 spiro atoms. The van der Waals surface area contributed by atoms with Gasteiger partial charge in [-0.3, -0.25) is 4.79 Å². The molecule has 2 N–H and O–H groups in total. The van der Waals surface area contributed by atoms with Crippen molar-refractivity contribution in [2.24, 2.45) is 0 Å². The number of aryl methyl sites for hydroxylation is 3. The Bertz CT molecular complexity index is 1110. The van der Waals surface area contributed by atoms with Gasteiger partial charge < -0.3 is 10.3 Å². The number of carbonyl (C=O) groups is 1.